The predicted molar refractivity (Wildman–Crippen MR) is 491 cm³/mol. The number of carbonyl (C=O) groups excluding carboxylic acids is 5. The van der Waals surface area contributed by atoms with Gasteiger partial charge in [-0.05, 0) is 275 Å². The average molecular weight is 1870 g/mol. The summed E-state index contributed by atoms with van der Waals surface area (Å²) in [6.45, 7) is 9.40. The molecule has 11 N–H and O–H groups in total. The summed E-state index contributed by atoms with van der Waals surface area (Å²) in [6, 6.07) is 31.9. The summed E-state index contributed by atoms with van der Waals surface area (Å²) < 4.78 is 51.6. The van der Waals surface area contributed by atoms with E-state index >= 15 is 0 Å². The number of nitrogens with two attached hydrogens (primary N) is 1. The van der Waals surface area contributed by atoms with Crippen LogP contribution in [0.2, 0.25) is 0 Å². The van der Waals surface area contributed by atoms with Gasteiger partial charge in [0.15, 0.2) is 24.1 Å². The van der Waals surface area contributed by atoms with Gasteiger partial charge in [-0.3, -0.25) is 29.8 Å². The Labute approximate surface area is 783 Å². The highest BCUT2D eigenvalue weighted by Crippen LogP contribution is 2.72. The second-order valence-electron chi connectivity index (χ2n) is 40.5. The molecule has 6 saturated carbocycles. The lowest BCUT2D eigenvalue weighted by Crippen LogP contribution is -2.60. The molecule has 17 rings (SSSR count). The van der Waals surface area contributed by atoms with Crippen molar-refractivity contribution < 1.29 is 106 Å². The number of fused-ring (bicyclic) bond motifs is 13. The molecular formula is C103H128N6O26. The highest BCUT2D eigenvalue weighted by molar-refractivity contribution is 5.88. The number of aliphatic hydroxyl groups is 6. The number of allylic oxidation sites excluding steroid dienone is 2. The fraction of sp³-hybridized carbons (Fsp3) is 0.583. The van der Waals surface area contributed by atoms with Crippen molar-refractivity contribution in [3.05, 3.63) is 232 Å². The van der Waals surface area contributed by atoms with Gasteiger partial charge in [0.05, 0.1) is 83.3 Å². The van der Waals surface area contributed by atoms with Gasteiger partial charge in [0.2, 0.25) is 0 Å². The third kappa shape index (κ3) is 20.2. The van der Waals surface area contributed by atoms with E-state index < -0.39 is 106 Å². The van der Waals surface area contributed by atoms with Gasteiger partial charge in [0.25, 0.3) is 11.4 Å². The fourth-order valence-electron chi connectivity index (χ4n) is 25.7. The number of nitro groups is 2. The molecule has 0 bridgehead atoms. The van der Waals surface area contributed by atoms with Gasteiger partial charge in [0, 0.05) is 84.4 Å². The number of amides is 3. The number of non-ortho nitro benzene ring substituents is 2. The van der Waals surface area contributed by atoms with E-state index in [0.29, 0.717) is 81.4 Å². The van der Waals surface area contributed by atoms with Crippen molar-refractivity contribution in [3.63, 3.8) is 0 Å². The van der Waals surface area contributed by atoms with E-state index in [1.807, 2.05) is 48.5 Å². The van der Waals surface area contributed by atoms with Crippen molar-refractivity contribution in [2.45, 2.75) is 285 Å². The van der Waals surface area contributed by atoms with Crippen LogP contribution in [0.15, 0.2) is 176 Å². The van der Waals surface area contributed by atoms with Crippen LogP contribution in [0.3, 0.4) is 0 Å². The Morgan fingerprint density at radius 3 is 1.34 bits per heavy atom. The number of hydrogen-bond donors (Lipinski definition) is 10. The number of unbranched alkanes of at least 4 members (excludes halogenated alkanes) is 2. The van der Waals surface area contributed by atoms with Crippen LogP contribution in [0.1, 0.15) is 233 Å². The number of ether oxygens (including phenoxy) is 7. The first kappa shape index (κ1) is 97.8. The van der Waals surface area contributed by atoms with E-state index in [0.717, 1.165) is 110 Å². The number of hydrogen-bond acceptors (Lipinski definition) is 27. The molecule has 32 nitrogen and oxygen atoms in total. The second-order valence-corrected chi connectivity index (χ2v) is 40.5. The molecule has 135 heavy (non-hydrogen) atoms. The highest BCUT2D eigenvalue weighted by atomic mass is 16.7. The number of nitrogens with one attached hydrogen (secondary N) is 3. The lowest BCUT2D eigenvalue weighted by Gasteiger charge is -2.62. The SMILES string of the molecule is C[C@]12CC[C@H](O[C@H]3OC[C@H](CC(=O)[C@H](CCCCN)NC(=O)OCc4ccc([N+](=O)[O-])cc4)[C@H](O)C3O)C=C1CCC1C2CC[C@]2(C)[C@@H](c3ccc(=O)oc3)CC[C@]12O.C[C@]12CC[C@H](O[C@H]3OC[C@H](CC(=O)[C@H](CCCCNC(=O)OCC4c5ccccc5-c5ccccc54)NC(=O)OCc4ccc([N+](=O)[O-])cc4)[C@H](O)C3O)C=C1CCC1C2CC[C@]2(C)[C@@H](c3ccc(=O)oc3)CC[C@]12O. The standard InChI is InChI=1S/C59H69N3O14.C44H59N3O12/c1-57-25-22-40(30-38(57)17-20-48-47(57)23-26-58(2)46(24-27-59(48,58)69)36-16-21-51(64)72-32-36)76-54-53(66)52(65)37(33-73-54)29-50(63)49(61-56(68)74-31-35-14-18-39(19-15-35)62(70)71)13-7-8-28-60-55(67)75-34-45-43-11-5-3-9-41(43)42-10-4-6-12-44(42)45;1-42-17-14-31(22-29(42)9-12-34-33(42)15-18-43(2)32(16-19-44(34,43)53)27-8-13-37(49)56-24-27)59-40-39(51)38(50)28(25-57-40)21-36(48)35(5-3-4-20-45)46-41(52)58-23-26-6-10-30(11-7-26)47(54)55/h3-6,9-12,14-16,18-19,21,30,32,37,40,45-49,52-54,65-66,69H,7-8,13,17,20,22-29,31,33-34H2,1-2H3,(H,60,67)(H,61,68);6-8,10-11,13,22,24,28,31-35,38-40,50-51,53H,3-5,9,12,14-21,23,25,45H2,1-2H3,(H,46,52)/t37-,40-,46+,47?,48?,49-,52-,53?,54+,57-,58+,59-;28-,31-,32+,33?,34?,35-,38-,39?,40+,42-,43+,44-/m00/s1. The minimum absolute atomic E-state index is 0.0347. The first-order valence-electron chi connectivity index (χ1n) is 48.2. The first-order valence-corrected chi connectivity index (χ1v) is 48.2. The van der Waals surface area contributed by atoms with Crippen molar-refractivity contribution in [2.75, 3.05) is 32.9 Å². The molecule has 4 heterocycles. The minimum Gasteiger partial charge on any atom is -0.449 e. The Kier molecular flexibility index (Phi) is 29.9. The van der Waals surface area contributed by atoms with Gasteiger partial charge in [0.1, 0.15) is 32.0 Å². The van der Waals surface area contributed by atoms with E-state index in [2.05, 4.69) is 67.9 Å². The smallest absolute Gasteiger partial charge is 0.408 e. The van der Waals surface area contributed by atoms with E-state index in [4.69, 9.17) is 47.7 Å². The molecule has 6 aromatic rings. The normalized spacial score (nSPS) is 32.9. The Balaban J connectivity index is 0.000000203. The van der Waals surface area contributed by atoms with E-state index in [9.17, 15) is 84.4 Å². The van der Waals surface area contributed by atoms with Crippen LogP contribution in [0.4, 0.5) is 25.8 Å². The van der Waals surface area contributed by atoms with Gasteiger partial charge in [-0.1, -0.05) is 99.5 Å². The molecule has 32 heteroatoms. The number of rotatable bonds is 31. The lowest BCUT2D eigenvalue weighted by atomic mass is 9.45. The fourth-order valence-corrected chi connectivity index (χ4v) is 25.7. The maximum absolute atomic E-state index is 14.0. The minimum atomic E-state index is -1.46. The van der Waals surface area contributed by atoms with Crippen LogP contribution in [0.25, 0.3) is 11.1 Å². The number of ketones is 2. The summed E-state index contributed by atoms with van der Waals surface area (Å²) in [5, 5.41) is 101. The predicted octanol–water partition coefficient (Wildman–Crippen LogP) is 13.9. The summed E-state index contributed by atoms with van der Waals surface area (Å²) in [5.41, 5.74) is 12.1. The van der Waals surface area contributed by atoms with Crippen LogP contribution in [0, 0.1) is 77.4 Å². The van der Waals surface area contributed by atoms with Crippen molar-refractivity contribution in [3.8, 4) is 11.1 Å². The maximum atomic E-state index is 14.0. The molecular weight excluding hydrogens is 1740 g/mol. The topological polar surface area (TPSA) is 480 Å². The number of carbonyl (C=O) groups is 5. The van der Waals surface area contributed by atoms with E-state index in [1.54, 1.807) is 12.5 Å². The molecule has 2 saturated heterocycles. The number of Topliss-reactive ketones (excluding diaryl/α,β-unsaturated/α-hetero) is 2. The van der Waals surface area contributed by atoms with Crippen LogP contribution in [-0.4, -0.2) is 176 Å². The highest BCUT2D eigenvalue weighted by Gasteiger charge is 2.69. The van der Waals surface area contributed by atoms with Crippen LogP contribution >= 0.6 is 0 Å². The zero-order valence-electron chi connectivity index (χ0n) is 77.1. The third-order valence-electron chi connectivity index (χ3n) is 33.4. The Hall–Kier alpha value is -10.2. The van der Waals surface area contributed by atoms with Gasteiger partial charge < -0.3 is 94.3 Å². The molecule has 2 aromatic heterocycles. The summed E-state index contributed by atoms with van der Waals surface area (Å²) in [4.78, 5) is 111. The molecule has 24 atom stereocenters. The molecule has 0 spiro atoms. The number of alkyl carbamates (subject to hydrolysis) is 3. The molecule has 9 aliphatic carbocycles. The van der Waals surface area contributed by atoms with E-state index in [-0.39, 0.29) is 157 Å². The monoisotopic (exact) mass is 1860 g/mol. The number of aliphatic hydroxyl groups excluding tert-OH is 4. The zero-order chi connectivity index (χ0) is 95.5. The zero-order valence-corrected chi connectivity index (χ0v) is 77.1. The van der Waals surface area contributed by atoms with Crippen molar-refractivity contribution >= 4 is 41.2 Å². The summed E-state index contributed by atoms with van der Waals surface area (Å²) in [7, 11) is 0. The van der Waals surface area contributed by atoms with Crippen LogP contribution in [0.5, 0.6) is 0 Å². The Morgan fingerprint density at radius 1 is 0.496 bits per heavy atom. The molecule has 0 radical (unpaired) electrons. The van der Waals surface area contributed by atoms with Gasteiger partial charge in [-0.25, -0.2) is 24.0 Å². The summed E-state index contributed by atoms with van der Waals surface area (Å²) in [5.74, 6) is -1.37. The summed E-state index contributed by atoms with van der Waals surface area (Å²) >= 11 is 0. The molecule has 3 amide bonds. The molecule has 2 aliphatic heterocycles. The molecule has 6 unspecified atom stereocenters. The van der Waals surface area contributed by atoms with Crippen LogP contribution in [-0.2, 0) is 56.0 Å². The lowest BCUT2D eigenvalue weighted by molar-refractivity contribution is -0.385. The quantitative estimate of drug-likeness (QED) is 0.00635. The Morgan fingerprint density at radius 2 is 0.926 bits per heavy atom. The van der Waals surface area contributed by atoms with Crippen molar-refractivity contribution in [2.24, 2.45) is 62.9 Å². The van der Waals surface area contributed by atoms with Crippen molar-refractivity contribution in [1.29, 1.82) is 0 Å². The molecule has 11 aliphatic rings. The Bertz CT molecular complexity index is 5390. The van der Waals surface area contributed by atoms with Crippen molar-refractivity contribution in [1.82, 2.24) is 16.0 Å². The summed E-state index contributed by atoms with van der Waals surface area (Å²) in [6.07, 6.45) is 11.8. The third-order valence-corrected chi connectivity index (χ3v) is 33.4. The molecule has 8 fully saturated rings. The average Bonchev–Trinajstić information content (AvgIpc) is 1.59. The molecule has 4 aromatic carbocycles. The number of nitrogens with zero attached hydrogens (tertiary/aromatic N) is 2. The van der Waals surface area contributed by atoms with Crippen LogP contribution < -0.4 is 32.9 Å². The van der Waals surface area contributed by atoms with Gasteiger partial charge >= 0.3 is 29.5 Å². The number of benzene rings is 4. The molecule has 726 valence electrons. The van der Waals surface area contributed by atoms with E-state index in [1.165, 1.54) is 71.8 Å². The first-order chi connectivity index (χ1) is 64.7. The van der Waals surface area contributed by atoms with Gasteiger partial charge in [-0.15, -0.1) is 0 Å². The van der Waals surface area contributed by atoms with Gasteiger partial charge in [-0.2, -0.15) is 0 Å². The number of nitro benzene ring substituents is 2. The largest absolute Gasteiger partial charge is 0.449 e. The maximum Gasteiger partial charge on any atom is 0.408 e. The second kappa shape index (κ2) is 41.2.